The zero-order valence-electron chi connectivity index (χ0n) is 14.6. The Morgan fingerprint density at radius 1 is 1.15 bits per heavy atom. The van der Waals surface area contributed by atoms with Crippen molar-refractivity contribution in [1.82, 2.24) is 0 Å². The summed E-state index contributed by atoms with van der Waals surface area (Å²) in [6, 6.07) is 10.8. The van der Waals surface area contributed by atoms with Gasteiger partial charge in [0.15, 0.2) is 0 Å². The molecule has 26 heavy (non-hydrogen) atoms. The molecule has 0 fully saturated rings. The van der Waals surface area contributed by atoms with Gasteiger partial charge >= 0.3 is 0 Å². The molecular formula is C20H20N2O4. The van der Waals surface area contributed by atoms with Crippen molar-refractivity contribution in [3.8, 4) is 11.5 Å². The fourth-order valence-electron chi connectivity index (χ4n) is 4.05. The van der Waals surface area contributed by atoms with E-state index < -0.39 is 0 Å². The Labute approximate surface area is 151 Å². The summed E-state index contributed by atoms with van der Waals surface area (Å²) >= 11 is 0. The molecule has 1 aliphatic carbocycles. The van der Waals surface area contributed by atoms with Crippen LogP contribution in [0.5, 0.6) is 11.5 Å². The van der Waals surface area contributed by atoms with Crippen molar-refractivity contribution in [2.75, 3.05) is 19.5 Å². The average molecular weight is 352 g/mol. The molecule has 0 radical (unpaired) electrons. The second-order valence-corrected chi connectivity index (χ2v) is 6.62. The molecule has 0 aromatic heterocycles. The normalized spacial score (nSPS) is 22.9. The van der Waals surface area contributed by atoms with Crippen molar-refractivity contribution >= 4 is 11.4 Å². The Morgan fingerprint density at radius 2 is 1.92 bits per heavy atom. The molecule has 134 valence electrons. The molecule has 2 aliphatic rings. The number of allylic oxidation sites excluding steroid dienone is 2. The third-order valence-corrected chi connectivity index (χ3v) is 5.32. The van der Waals surface area contributed by atoms with E-state index in [1.165, 1.54) is 0 Å². The number of methoxy groups -OCH3 is 2. The topological polar surface area (TPSA) is 73.6 Å². The van der Waals surface area contributed by atoms with Crippen molar-refractivity contribution in [1.29, 1.82) is 0 Å². The number of nitro benzene ring substituents is 1. The van der Waals surface area contributed by atoms with Crippen molar-refractivity contribution < 1.29 is 14.4 Å². The van der Waals surface area contributed by atoms with Crippen LogP contribution in [-0.4, -0.2) is 19.1 Å². The number of non-ortho nitro benzene ring substituents is 1. The quantitative estimate of drug-likeness (QED) is 0.500. The Balaban J connectivity index is 1.77. The first-order valence-corrected chi connectivity index (χ1v) is 8.56. The van der Waals surface area contributed by atoms with Gasteiger partial charge in [-0.1, -0.05) is 24.3 Å². The summed E-state index contributed by atoms with van der Waals surface area (Å²) in [4.78, 5) is 10.6. The fourth-order valence-corrected chi connectivity index (χ4v) is 4.05. The molecule has 2 aromatic rings. The minimum absolute atomic E-state index is 0.0607. The molecule has 0 unspecified atom stereocenters. The third kappa shape index (κ3) is 2.58. The summed E-state index contributed by atoms with van der Waals surface area (Å²) in [7, 11) is 3.30. The molecule has 4 rings (SSSR count). The van der Waals surface area contributed by atoms with Gasteiger partial charge in [-0.3, -0.25) is 10.1 Å². The molecule has 0 amide bonds. The summed E-state index contributed by atoms with van der Waals surface area (Å²) in [5.41, 5.74) is 3.27. The zero-order chi connectivity index (χ0) is 18.3. The van der Waals surface area contributed by atoms with Crippen molar-refractivity contribution in [3.05, 3.63) is 69.8 Å². The summed E-state index contributed by atoms with van der Waals surface area (Å²) in [5.74, 6) is 2.12. The lowest BCUT2D eigenvalue weighted by atomic mass is 9.77. The Morgan fingerprint density at radius 3 is 2.58 bits per heavy atom. The highest BCUT2D eigenvalue weighted by Gasteiger charge is 2.39. The lowest BCUT2D eigenvalue weighted by molar-refractivity contribution is -0.384. The smallest absolute Gasteiger partial charge is 0.269 e. The van der Waals surface area contributed by atoms with Gasteiger partial charge in [0, 0.05) is 24.1 Å². The molecule has 0 bridgehead atoms. The van der Waals surface area contributed by atoms with Gasteiger partial charge in [-0.15, -0.1) is 0 Å². The SMILES string of the molecule is COc1cc(OC)c2c(c1)[C@@H]1C=CC[C@@H]1[C@@H](c1ccc([N+](=O)[O-])cc1)N2. The number of ether oxygens (including phenoxy) is 2. The van der Waals surface area contributed by atoms with Crippen LogP contribution in [0.25, 0.3) is 0 Å². The number of anilines is 1. The molecule has 1 aliphatic heterocycles. The van der Waals surface area contributed by atoms with E-state index in [0.29, 0.717) is 5.92 Å². The van der Waals surface area contributed by atoms with E-state index in [0.717, 1.165) is 34.7 Å². The first-order chi connectivity index (χ1) is 12.6. The standard InChI is InChI=1S/C20H20N2O4/c1-25-14-10-17-15-4-3-5-16(15)19(21-20(17)18(11-14)26-2)12-6-8-13(9-7-12)22(23)24/h3-4,6-11,15-16,19,21H,5H2,1-2H3/t15-,16+,19-/m1/s1. The summed E-state index contributed by atoms with van der Waals surface area (Å²) in [6.07, 6.45) is 5.40. The van der Waals surface area contributed by atoms with Gasteiger partial charge in [-0.2, -0.15) is 0 Å². The molecule has 2 aromatic carbocycles. The van der Waals surface area contributed by atoms with Crippen LogP contribution in [0, 0.1) is 16.0 Å². The average Bonchev–Trinajstić information content (AvgIpc) is 3.16. The van der Waals surface area contributed by atoms with Gasteiger partial charge in [-0.25, -0.2) is 0 Å². The van der Waals surface area contributed by atoms with Crippen molar-refractivity contribution in [3.63, 3.8) is 0 Å². The second-order valence-electron chi connectivity index (χ2n) is 6.62. The van der Waals surface area contributed by atoms with Crippen LogP contribution in [-0.2, 0) is 0 Å². The first kappa shape index (κ1) is 16.4. The van der Waals surface area contributed by atoms with E-state index in [2.05, 4.69) is 23.5 Å². The van der Waals surface area contributed by atoms with E-state index in [1.807, 2.05) is 18.2 Å². The van der Waals surface area contributed by atoms with Crippen LogP contribution in [0.3, 0.4) is 0 Å². The number of nitrogens with one attached hydrogen (secondary N) is 1. The minimum atomic E-state index is -0.372. The van der Waals surface area contributed by atoms with Crippen molar-refractivity contribution in [2.45, 2.75) is 18.4 Å². The van der Waals surface area contributed by atoms with E-state index >= 15 is 0 Å². The van der Waals surface area contributed by atoms with Crippen LogP contribution in [0.1, 0.15) is 29.5 Å². The fraction of sp³-hybridized carbons (Fsp3) is 0.300. The molecular weight excluding hydrogens is 332 g/mol. The molecule has 3 atom stereocenters. The number of hydrogen-bond donors (Lipinski definition) is 1. The zero-order valence-corrected chi connectivity index (χ0v) is 14.6. The molecule has 0 spiro atoms. The third-order valence-electron chi connectivity index (χ3n) is 5.32. The summed E-state index contributed by atoms with van der Waals surface area (Å²) in [5, 5.41) is 14.5. The lowest BCUT2D eigenvalue weighted by Crippen LogP contribution is -2.29. The van der Waals surface area contributed by atoms with Gasteiger partial charge in [0.05, 0.1) is 30.9 Å². The monoisotopic (exact) mass is 352 g/mol. The Bertz CT molecular complexity index is 876. The van der Waals surface area contributed by atoms with Crippen LogP contribution in [0.4, 0.5) is 11.4 Å². The van der Waals surface area contributed by atoms with E-state index in [-0.39, 0.29) is 22.6 Å². The maximum Gasteiger partial charge on any atom is 0.269 e. The highest BCUT2D eigenvalue weighted by atomic mass is 16.6. The van der Waals surface area contributed by atoms with Gasteiger partial charge in [0.2, 0.25) is 0 Å². The van der Waals surface area contributed by atoms with E-state index in [4.69, 9.17) is 9.47 Å². The van der Waals surface area contributed by atoms with Gasteiger partial charge in [0.25, 0.3) is 5.69 Å². The van der Waals surface area contributed by atoms with Crippen LogP contribution >= 0.6 is 0 Å². The Hall–Kier alpha value is -3.02. The predicted molar refractivity (Wildman–Crippen MR) is 99.0 cm³/mol. The van der Waals surface area contributed by atoms with Gasteiger partial charge in [0.1, 0.15) is 11.5 Å². The number of hydrogen-bond acceptors (Lipinski definition) is 5. The van der Waals surface area contributed by atoms with Crippen LogP contribution in [0.15, 0.2) is 48.6 Å². The number of nitro groups is 1. The lowest BCUT2D eigenvalue weighted by Gasteiger charge is -2.38. The summed E-state index contributed by atoms with van der Waals surface area (Å²) < 4.78 is 11.0. The number of rotatable bonds is 4. The first-order valence-electron chi connectivity index (χ1n) is 8.56. The highest BCUT2D eigenvalue weighted by molar-refractivity contribution is 5.70. The Kier molecular flexibility index (Phi) is 4.03. The number of fused-ring (bicyclic) bond motifs is 3. The molecule has 0 saturated heterocycles. The largest absolute Gasteiger partial charge is 0.497 e. The molecule has 1 heterocycles. The second kappa shape index (κ2) is 6.37. The number of nitrogens with zero attached hydrogens (tertiary/aromatic N) is 1. The molecule has 0 saturated carbocycles. The summed E-state index contributed by atoms with van der Waals surface area (Å²) in [6.45, 7) is 0. The van der Waals surface area contributed by atoms with Crippen LogP contribution in [0.2, 0.25) is 0 Å². The van der Waals surface area contributed by atoms with Gasteiger partial charge < -0.3 is 14.8 Å². The molecule has 6 heteroatoms. The van der Waals surface area contributed by atoms with E-state index in [1.54, 1.807) is 26.4 Å². The number of benzene rings is 2. The maximum absolute atomic E-state index is 10.9. The van der Waals surface area contributed by atoms with Gasteiger partial charge in [-0.05, 0) is 29.5 Å². The van der Waals surface area contributed by atoms with Crippen molar-refractivity contribution in [2.24, 2.45) is 5.92 Å². The predicted octanol–water partition coefficient (Wildman–Crippen LogP) is 4.44. The maximum atomic E-state index is 10.9. The van der Waals surface area contributed by atoms with Crippen LogP contribution < -0.4 is 14.8 Å². The van der Waals surface area contributed by atoms with E-state index in [9.17, 15) is 10.1 Å². The molecule has 1 N–H and O–H groups in total. The highest BCUT2D eigenvalue weighted by Crippen LogP contribution is 2.53. The molecule has 6 nitrogen and oxygen atoms in total. The minimum Gasteiger partial charge on any atom is -0.497 e.